The standard InChI is InChI=1S/C32H44N6O5S/c1-24-20-29(41-3)21-25(2)32(24)44(39,40)38-16-5-4-6-26(38)23-42-31-9-14-35-30(36-31)22-34-15-19-37-17-10-28(11-18-37)43-27-7-12-33-13-8-27/h7-9,12-14,20-21,26,28,34H,4-6,10-11,15-19,22-23H2,1-3H3. The summed E-state index contributed by atoms with van der Waals surface area (Å²) in [7, 11) is -2.13. The molecule has 2 aromatic heterocycles. The van der Waals surface area contributed by atoms with Crippen LogP contribution in [0, 0.1) is 13.8 Å². The van der Waals surface area contributed by atoms with Crippen molar-refractivity contribution in [2.45, 2.75) is 69.5 Å². The fraction of sp³-hybridized carbons (Fsp3) is 0.531. The molecule has 0 spiro atoms. The molecule has 2 fully saturated rings. The van der Waals surface area contributed by atoms with Crippen molar-refractivity contribution in [2.75, 3.05) is 46.4 Å². The normalized spacial score (nSPS) is 18.7. The number of nitrogens with one attached hydrogen (secondary N) is 1. The highest BCUT2D eigenvalue weighted by molar-refractivity contribution is 7.89. The van der Waals surface area contributed by atoms with Crippen molar-refractivity contribution in [3.05, 3.63) is 65.9 Å². The third-order valence-electron chi connectivity index (χ3n) is 8.29. The number of hydrogen-bond acceptors (Lipinski definition) is 10. The Morgan fingerprint density at radius 3 is 2.43 bits per heavy atom. The molecule has 0 radical (unpaired) electrons. The van der Waals surface area contributed by atoms with Gasteiger partial charge in [0.1, 0.15) is 30.0 Å². The number of rotatable bonds is 13. The summed E-state index contributed by atoms with van der Waals surface area (Å²) in [6, 6.07) is 8.80. The number of methoxy groups -OCH3 is 1. The molecular weight excluding hydrogens is 580 g/mol. The third kappa shape index (κ3) is 8.23. The van der Waals surface area contributed by atoms with E-state index in [-0.39, 0.29) is 18.8 Å². The lowest BCUT2D eigenvalue weighted by molar-refractivity contribution is 0.101. The smallest absolute Gasteiger partial charge is 0.243 e. The van der Waals surface area contributed by atoms with Crippen LogP contribution in [-0.2, 0) is 16.6 Å². The molecule has 2 aliphatic rings. The van der Waals surface area contributed by atoms with Crippen molar-refractivity contribution in [1.29, 1.82) is 0 Å². The minimum absolute atomic E-state index is 0.234. The highest BCUT2D eigenvalue weighted by Gasteiger charge is 2.36. The fourth-order valence-electron chi connectivity index (χ4n) is 6.03. The minimum Gasteiger partial charge on any atom is -0.497 e. The first-order valence-electron chi connectivity index (χ1n) is 15.4. The van der Waals surface area contributed by atoms with Gasteiger partial charge in [-0.25, -0.2) is 13.4 Å². The Morgan fingerprint density at radius 2 is 1.70 bits per heavy atom. The van der Waals surface area contributed by atoms with E-state index in [1.54, 1.807) is 48.2 Å². The van der Waals surface area contributed by atoms with E-state index in [0.717, 1.165) is 64.0 Å². The Bertz CT molecular complexity index is 1440. The van der Waals surface area contributed by atoms with Crippen LogP contribution >= 0.6 is 0 Å². The summed E-state index contributed by atoms with van der Waals surface area (Å²) in [6.07, 6.45) is 9.96. The van der Waals surface area contributed by atoms with Gasteiger partial charge in [-0.2, -0.15) is 9.29 Å². The van der Waals surface area contributed by atoms with Crippen LogP contribution in [0.5, 0.6) is 17.4 Å². The fourth-order valence-corrected chi connectivity index (χ4v) is 8.13. The largest absolute Gasteiger partial charge is 0.497 e. The topological polar surface area (TPSA) is 119 Å². The van der Waals surface area contributed by atoms with Gasteiger partial charge in [-0.15, -0.1) is 0 Å². The molecule has 5 rings (SSSR count). The molecule has 12 heteroatoms. The van der Waals surface area contributed by atoms with Gasteiger partial charge in [0.15, 0.2) is 0 Å². The average Bonchev–Trinajstić information content (AvgIpc) is 3.03. The number of aromatic nitrogens is 3. The van der Waals surface area contributed by atoms with E-state index in [2.05, 4.69) is 25.2 Å². The molecule has 1 aromatic carbocycles. The Kier molecular flexibility index (Phi) is 11.0. The van der Waals surface area contributed by atoms with Crippen LogP contribution in [0.15, 0.2) is 53.8 Å². The van der Waals surface area contributed by atoms with Gasteiger partial charge >= 0.3 is 0 Å². The number of sulfonamides is 1. The van der Waals surface area contributed by atoms with Crippen LogP contribution in [0.4, 0.5) is 0 Å². The van der Waals surface area contributed by atoms with Gasteiger partial charge in [0.05, 0.1) is 24.6 Å². The van der Waals surface area contributed by atoms with Crippen LogP contribution < -0.4 is 19.5 Å². The van der Waals surface area contributed by atoms with Gasteiger partial charge in [0.25, 0.3) is 0 Å². The zero-order valence-corrected chi connectivity index (χ0v) is 26.8. The maximum atomic E-state index is 13.8. The van der Waals surface area contributed by atoms with Gasteiger partial charge in [0, 0.05) is 57.4 Å². The van der Waals surface area contributed by atoms with Crippen LogP contribution in [0.3, 0.4) is 0 Å². The van der Waals surface area contributed by atoms with E-state index >= 15 is 0 Å². The van der Waals surface area contributed by atoms with Crippen LogP contribution in [-0.4, -0.2) is 91.2 Å². The molecule has 2 saturated heterocycles. The molecule has 4 heterocycles. The molecule has 3 aromatic rings. The van der Waals surface area contributed by atoms with Gasteiger partial charge in [0.2, 0.25) is 15.9 Å². The number of pyridine rings is 1. The van der Waals surface area contributed by atoms with Gasteiger partial charge < -0.3 is 24.4 Å². The second-order valence-electron chi connectivity index (χ2n) is 11.5. The van der Waals surface area contributed by atoms with Crippen LogP contribution in [0.2, 0.25) is 0 Å². The summed E-state index contributed by atoms with van der Waals surface area (Å²) in [5.41, 5.74) is 1.36. The summed E-state index contributed by atoms with van der Waals surface area (Å²) >= 11 is 0. The molecule has 11 nitrogen and oxygen atoms in total. The van der Waals surface area contributed by atoms with E-state index in [1.165, 1.54) is 0 Å². The zero-order chi connectivity index (χ0) is 30.9. The average molecular weight is 625 g/mol. The third-order valence-corrected chi connectivity index (χ3v) is 10.5. The maximum absolute atomic E-state index is 13.8. The van der Waals surface area contributed by atoms with Crippen molar-refractivity contribution >= 4 is 10.0 Å². The SMILES string of the molecule is COc1cc(C)c(S(=O)(=O)N2CCCCC2COc2ccnc(CNCCN3CCC(Oc4ccncc4)CC3)n2)c(C)c1. The van der Waals surface area contributed by atoms with E-state index in [9.17, 15) is 8.42 Å². The predicted molar refractivity (Wildman–Crippen MR) is 168 cm³/mol. The first kappa shape index (κ1) is 32.1. The molecule has 0 bridgehead atoms. The van der Waals surface area contributed by atoms with Crippen molar-refractivity contribution < 1.29 is 22.6 Å². The molecule has 44 heavy (non-hydrogen) atoms. The van der Waals surface area contributed by atoms with Crippen LogP contribution in [0.25, 0.3) is 0 Å². The first-order valence-corrected chi connectivity index (χ1v) is 16.9. The van der Waals surface area contributed by atoms with Crippen LogP contribution in [0.1, 0.15) is 49.1 Å². The molecule has 0 amide bonds. The molecule has 0 saturated carbocycles. The molecular formula is C32H44N6O5S. The maximum Gasteiger partial charge on any atom is 0.243 e. The number of ether oxygens (including phenoxy) is 3. The highest BCUT2D eigenvalue weighted by atomic mass is 32.2. The summed E-state index contributed by atoms with van der Waals surface area (Å²) in [5, 5.41) is 3.44. The lowest BCUT2D eigenvalue weighted by Crippen LogP contribution is -2.47. The van der Waals surface area contributed by atoms with E-state index in [1.807, 2.05) is 26.0 Å². The lowest BCUT2D eigenvalue weighted by Gasteiger charge is -2.35. The number of hydrogen-bond donors (Lipinski definition) is 1. The number of nitrogens with zero attached hydrogens (tertiary/aromatic N) is 5. The number of benzene rings is 1. The van der Waals surface area contributed by atoms with Crippen molar-refractivity contribution in [2.24, 2.45) is 0 Å². The molecule has 0 aliphatic carbocycles. The van der Waals surface area contributed by atoms with E-state index in [4.69, 9.17) is 14.2 Å². The monoisotopic (exact) mass is 624 g/mol. The second kappa shape index (κ2) is 15.1. The predicted octanol–water partition coefficient (Wildman–Crippen LogP) is 3.75. The summed E-state index contributed by atoms with van der Waals surface area (Å²) in [4.78, 5) is 15.8. The highest BCUT2D eigenvalue weighted by Crippen LogP contribution is 2.32. The number of piperidine rings is 2. The first-order chi connectivity index (χ1) is 21.3. The molecule has 1 N–H and O–H groups in total. The molecule has 1 unspecified atom stereocenters. The van der Waals surface area contributed by atoms with Crippen molar-refractivity contribution in [1.82, 2.24) is 29.5 Å². The summed E-state index contributed by atoms with van der Waals surface area (Å²) in [5.74, 6) is 2.63. The Balaban J connectivity index is 1.08. The Hall–Kier alpha value is -3.32. The quantitative estimate of drug-likeness (QED) is 0.282. The van der Waals surface area contributed by atoms with E-state index in [0.29, 0.717) is 46.6 Å². The number of aryl methyl sites for hydroxylation is 2. The van der Waals surface area contributed by atoms with Crippen molar-refractivity contribution in [3.63, 3.8) is 0 Å². The molecule has 238 valence electrons. The van der Waals surface area contributed by atoms with Gasteiger partial charge in [-0.05, 0) is 74.9 Å². The van der Waals surface area contributed by atoms with Crippen molar-refractivity contribution in [3.8, 4) is 17.4 Å². The Labute approximate surface area is 261 Å². The summed E-state index contributed by atoms with van der Waals surface area (Å²) in [6.45, 7) is 8.63. The zero-order valence-electron chi connectivity index (χ0n) is 25.9. The second-order valence-corrected chi connectivity index (χ2v) is 13.3. The van der Waals surface area contributed by atoms with Gasteiger partial charge in [-0.3, -0.25) is 4.98 Å². The Morgan fingerprint density at radius 1 is 0.955 bits per heavy atom. The lowest BCUT2D eigenvalue weighted by atomic mass is 10.1. The van der Waals surface area contributed by atoms with Gasteiger partial charge in [-0.1, -0.05) is 6.42 Å². The summed E-state index contributed by atoms with van der Waals surface area (Å²) < 4.78 is 46.8. The minimum atomic E-state index is -3.71. The molecule has 1 atom stereocenters. The van der Waals surface area contributed by atoms with E-state index < -0.39 is 10.0 Å². The number of likely N-dealkylation sites (tertiary alicyclic amines) is 1. The molecule has 2 aliphatic heterocycles.